The first kappa shape index (κ1) is 12.7. The summed E-state index contributed by atoms with van der Waals surface area (Å²) in [6, 6.07) is 16.0. The SMILES string of the molecule is CCCCNc1ccc2oc(-c3ccccc3)nc2c1. The fraction of sp³-hybridized carbons (Fsp3) is 0.235. The van der Waals surface area contributed by atoms with E-state index in [1.807, 2.05) is 48.5 Å². The molecule has 0 aliphatic rings. The molecule has 1 aromatic heterocycles. The van der Waals surface area contributed by atoms with Crippen LogP contribution in [0.4, 0.5) is 5.69 Å². The largest absolute Gasteiger partial charge is 0.436 e. The highest BCUT2D eigenvalue weighted by Crippen LogP contribution is 2.25. The second-order valence-corrected chi connectivity index (χ2v) is 4.85. The zero-order valence-corrected chi connectivity index (χ0v) is 11.6. The van der Waals surface area contributed by atoms with E-state index in [4.69, 9.17) is 4.42 Å². The van der Waals surface area contributed by atoms with Gasteiger partial charge in [0.1, 0.15) is 5.52 Å². The Morgan fingerprint density at radius 3 is 2.75 bits per heavy atom. The predicted octanol–water partition coefficient (Wildman–Crippen LogP) is 4.71. The summed E-state index contributed by atoms with van der Waals surface area (Å²) in [4.78, 5) is 4.57. The average molecular weight is 266 g/mol. The van der Waals surface area contributed by atoms with Crippen molar-refractivity contribution in [1.82, 2.24) is 4.98 Å². The van der Waals surface area contributed by atoms with Crippen LogP contribution in [0.5, 0.6) is 0 Å². The third-order valence-electron chi connectivity index (χ3n) is 3.27. The standard InChI is InChI=1S/C17H18N2O/c1-2-3-11-18-14-9-10-16-15(12-14)19-17(20-16)13-7-5-4-6-8-13/h4-10,12,18H,2-3,11H2,1H3. The lowest BCUT2D eigenvalue weighted by Gasteiger charge is -2.03. The number of rotatable bonds is 5. The molecule has 3 heteroatoms. The lowest BCUT2D eigenvalue weighted by Crippen LogP contribution is -2.00. The summed E-state index contributed by atoms with van der Waals surface area (Å²) in [5.41, 5.74) is 3.82. The number of benzene rings is 2. The molecule has 0 aliphatic carbocycles. The molecule has 0 fully saturated rings. The number of nitrogens with zero attached hydrogens (tertiary/aromatic N) is 1. The average Bonchev–Trinajstić information content (AvgIpc) is 2.92. The molecular weight excluding hydrogens is 248 g/mol. The van der Waals surface area contributed by atoms with E-state index in [1.54, 1.807) is 0 Å². The van der Waals surface area contributed by atoms with Crippen LogP contribution in [0.3, 0.4) is 0 Å². The van der Waals surface area contributed by atoms with Crippen LogP contribution < -0.4 is 5.32 Å². The molecule has 0 amide bonds. The Labute approximate surface area is 118 Å². The van der Waals surface area contributed by atoms with Crippen LogP contribution in [0.2, 0.25) is 0 Å². The molecule has 0 saturated carbocycles. The van der Waals surface area contributed by atoms with Gasteiger partial charge in [-0.25, -0.2) is 4.98 Å². The first-order chi connectivity index (χ1) is 9.86. The number of oxazole rings is 1. The maximum atomic E-state index is 5.80. The van der Waals surface area contributed by atoms with Gasteiger partial charge in [-0.3, -0.25) is 0 Å². The summed E-state index contributed by atoms with van der Waals surface area (Å²) in [7, 11) is 0. The summed E-state index contributed by atoms with van der Waals surface area (Å²) in [5.74, 6) is 0.673. The molecule has 20 heavy (non-hydrogen) atoms. The van der Waals surface area contributed by atoms with E-state index in [1.165, 1.54) is 12.8 Å². The Bertz CT molecular complexity index is 689. The Morgan fingerprint density at radius 2 is 1.95 bits per heavy atom. The molecule has 3 aromatic rings. The van der Waals surface area contributed by atoms with Crippen molar-refractivity contribution < 1.29 is 4.42 Å². The molecular formula is C17H18N2O. The number of fused-ring (bicyclic) bond motifs is 1. The van der Waals surface area contributed by atoms with Crippen molar-refractivity contribution in [2.24, 2.45) is 0 Å². The number of hydrogen-bond donors (Lipinski definition) is 1. The third kappa shape index (κ3) is 2.67. The zero-order valence-electron chi connectivity index (χ0n) is 11.6. The maximum Gasteiger partial charge on any atom is 0.227 e. The number of nitrogens with one attached hydrogen (secondary N) is 1. The van der Waals surface area contributed by atoms with Gasteiger partial charge in [0.15, 0.2) is 5.58 Å². The normalized spacial score (nSPS) is 10.8. The van der Waals surface area contributed by atoms with Crippen LogP contribution in [-0.2, 0) is 0 Å². The Kier molecular flexibility index (Phi) is 3.68. The van der Waals surface area contributed by atoms with Crippen LogP contribution in [-0.4, -0.2) is 11.5 Å². The topological polar surface area (TPSA) is 38.1 Å². The second kappa shape index (κ2) is 5.78. The van der Waals surface area contributed by atoms with Gasteiger partial charge in [0.2, 0.25) is 5.89 Å². The minimum absolute atomic E-state index is 0.673. The fourth-order valence-corrected chi connectivity index (χ4v) is 2.15. The van der Waals surface area contributed by atoms with Gasteiger partial charge in [0.05, 0.1) is 0 Å². The molecule has 0 saturated heterocycles. The molecule has 1 heterocycles. The zero-order chi connectivity index (χ0) is 13.8. The van der Waals surface area contributed by atoms with Gasteiger partial charge < -0.3 is 9.73 Å². The summed E-state index contributed by atoms with van der Waals surface area (Å²) < 4.78 is 5.80. The molecule has 0 bridgehead atoms. The molecule has 3 nitrogen and oxygen atoms in total. The first-order valence-corrected chi connectivity index (χ1v) is 7.06. The van der Waals surface area contributed by atoms with Crippen LogP contribution in [0.1, 0.15) is 19.8 Å². The number of hydrogen-bond acceptors (Lipinski definition) is 3. The van der Waals surface area contributed by atoms with Crippen LogP contribution in [0.15, 0.2) is 52.9 Å². The van der Waals surface area contributed by atoms with Gasteiger partial charge in [0, 0.05) is 17.8 Å². The van der Waals surface area contributed by atoms with Crippen molar-refractivity contribution in [2.45, 2.75) is 19.8 Å². The third-order valence-corrected chi connectivity index (χ3v) is 3.27. The van der Waals surface area contributed by atoms with Gasteiger partial charge in [-0.1, -0.05) is 31.5 Å². The minimum Gasteiger partial charge on any atom is -0.436 e. The van der Waals surface area contributed by atoms with Crippen LogP contribution in [0.25, 0.3) is 22.6 Å². The quantitative estimate of drug-likeness (QED) is 0.680. The van der Waals surface area contributed by atoms with E-state index in [2.05, 4.69) is 17.2 Å². The van der Waals surface area contributed by atoms with Crippen LogP contribution in [0, 0.1) is 0 Å². The van der Waals surface area contributed by atoms with Gasteiger partial charge in [-0.05, 0) is 36.8 Å². The number of aromatic nitrogens is 1. The second-order valence-electron chi connectivity index (χ2n) is 4.85. The predicted molar refractivity (Wildman–Crippen MR) is 82.8 cm³/mol. The van der Waals surface area contributed by atoms with E-state index >= 15 is 0 Å². The van der Waals surface area contributed by atoms with Crippen molar-refractivity contribution in [3.8, 4) is 11.5 Å². The van der Waals surface area contributed by atoms with Crippen molar-refractivity contribution in [3.05, 3.63) is 48.5 Å². The van der Waals surface area contributed by atoms with Crippen molar-refractivity contribution in [1.29, 1.82) is 0 Å². The van der Waals surface area contributed by atoms with Crippen molar-refractivity contribution in [2.75, 3.05) is 11.9 Å². The summed E-state index contributed by atoms with van der Waals surface area (Å²) in [6.07, 6.45) is 2.36. The highest BCUT2D eigenvalue weighted by atomic mass is 16.3. The fourth-order valence-electron chi connectivity index (χ4n) is 2.15. The molecule has 0 spiro atoms. The Hall–Kier alpha value is -2.29. The first-order valence-electron chi connectivity index (χ1n) is 7.06. The lowest BCUT2D eigenvalue weighted by atomic mass is 10.2. The molecule has 0 unspecified atom stereocenters. The molecule has 102 valence electrons. The van der Waals surface area contributed by atoms with Gasteiger partial charge in [0.25, 0.3) is 0 Å². The highest BCUT2D eigenvalue weighted by Gasteiger charge is 2.08. The summed E-state index contributed by atoms with van der Waals surface area (Å²) in [6.45, 7) is 3.18. The Morgan fingerprint density at radius 1 is 1.10 bits per heavy atom. The molecule has 2 aromatic carbocycles. The highest BCUT2D eigenvalue weighted by molar-refractivity contribution is 5.80. The van der Waals surface area contributed by atoms with Gasteiger partial charge >= 0.3 is 0 Å². The molecule has 0 aliphatic heterocycles. The van der Waals surface area contributed by atoms with E-state index in [9.17, 15) is 0 Å². The minimum atomic E-state index is 0.673. The van der Waals surface area contributed by atoms with E-state index in [-0.39, 0.29) is 0 Å². The van der Waals surface area contributed by atoms with E-state index < -0.39 is 0 Å². The van der Waals surface area contributed by atoms with Crippen molar-refractivity contribution in [3.63, 3.8) is 0 Å². The molecule has 0 atom stereocenters. The molecule has 0 radical (unpaired) electrons. The van der Waals surface area contributed by atoms with Crippen molar-refractivity contribution >= 4 is 16.8 Å². The summed E-state index contributed by atoms with van der Waals surface area (Å²) >= 11 is 0. The monoisotopic (exact) mass is 266 g/mol. The number of unbranched alkanes of at least 4 members (excludes halogenated alkanes) is 1. The maximum absolute atomic E-state index is 5.80. The van der Waals surface area contributed by atoms with E-state index in [0.29, 0.717) is 5.89 Å². The lowest BCUT2D eigenvalue weighted by molar-refractivity contribution is 0.620. The van der Waals surface area contributed by atoms with Gasteiger partial charge in [-0.2, -0.15) is 0 Å². The molecule has 1 N–H and O–H groups in total. The smallest absolute Gasteiger partial charge is 0.227 e. The van der Waals surface area contributed by atoms with E-state index in [0.717, 1.165) is 28.9 Å². The number of anilines is 1. The summed E-state index contributed by atoms with van der Waals surface area (Å²) in [5, 5.41) is 3.41. The molecule has 3 rings (SSSR count). The van der Waals surface area contributed by atoms with Gasteiger partial charge in [-0.15, -0.1) is 0 Å². The van der Waals surface area contributed by atoms with Crippen LogP contribution >= 0.6 is 0 Å². The Balaban J connectivity index is 1.88.